The summed E-state index contributed by atoms with van der Waals surface area (Å²) >= 11 is 0. The Morgan fingerprint density at radius 1 is 1.47 bits per heavy atom. The molecule has 1 N–H and O–H groups in total. The number of halogens is 2. The molecule has 7 heteroatoms. The first-order chi connectivity index (χ1) is 6.61. The minimum atomic E-state index is -3.26. The van der Waals surface area contributed by atoms with Gasteiger partial charge in [0.25, 0.3) is 5.92 Å². The minimum absolute atomic E-state index is 0.488. The maximum atomic E-state index is 13.4. The molecule has 1 aliphatic heterocycles. The topological polar surface area (TPSA) is 57.6 Å². The number of alkyl halides is 2. The first kappa shape index (κ1) is 11.9. The fraction of sp³-hybridized carbons (Fsp3) is 0.750. The van der Waals surface area contributed by atoms with Crippen LogP contribution in [0.1, 0.15) is 13.8 Å². The number of likely N-dealkylation sites (tertiary alicyclic amines) is 1. The summed E-state index contributed by atoms with van der Waals surface area (Å²) in [6.45, 7) is 1.26. The molecule has 1 atom stereocenters. The maximum absolute atomic E-state index is 13.4. The summed E-state index contributed by atoms with van der Waals surface area (Å²) in [6, 6.07) is -1.59. The summed E-state index contributed by atoms with van der Waals surface area (Å²) in [5.41, 5.74) is -1.83. The van der Waals surface area contributed by atoms with Gasteiger partial charge in [0, 0.05) is 0 Å². The Hall–Kier alpha value is -1.14. The summed E-state index contributed by atoms with van der Waals surface area (Å²) in [5, 5.41) is 8.82. The molecule has 0 aliphatic carbocycles. The van der Waals surface area contributed by atoms with Crippen LogP contribution in [0.15, 0.2) is 0 Å². The molecular weight excluding hydrogens is 207 g/mol. The third-order valence-corrected chi connectivity index (χ3v) is 2.82. The van der Waals surface area contributed by atoms with Crippen LogP contribution >= 0.6 is 0 Å². The van der Waals surface area contributed by atoms with Gasteiger partial charge in [-0.2, -0.15) is 0 Å². The molecule has 0 saturated carbocycles. The molecule has 0 aromatic carbocycles. The number of carboxylic acid groups (broad SMARTS) is 1. The number of aliphatic carboxylic acids is 1. The molecule has 1 aliphatic rings. The second kappa shape index (κ2) is 3.18. The van der Waals surface area contributed by atoms with E-state index in [9.17, 15) is 18.4 Å². The molecule has 4 nitrogen and oxygen atoms in total. The van der Waals surface area contributed by atoms with Crippen LogP contribution < -0.4 is 0 Å². The van der Waals surface area contributed by atoms with E-state index in [1.165, 1.54) is 0 Å². The van der Waals surface area contributed by atoms with Crippen LogP contribution in [0.5, 0.6) is 0 Å². The van der Waals surface area contributed by atoms with Gasteiger partial charge in [-0.3, -0.25) is 4.79 Å². The average molecular weight is 217 g/mol. The van der Waals surface area contributed by atoms with Crippen molar-refractivity contribution in [2.45, 2.75) is 25.8 Å². The fourth-order valence-electron chi connectivity index (χ4n) is 1.75. The Morgan fingerprint density at radius 3 is 2.20 bits per heavy atom. The van der Waals surface area contributed by atoms with Crippen molar-refractivity contribution in [3.63, 3.8) is 0 Å². The van der Waals surface area contributed by atoms with E-state index in [0.717, 1.165) is 13.8 Å². The van der Waals surface area contributed by atoms with E-state index in [4.69, 9.17) is 13.0 Å². The number of rotatable bonds is 1. The first-order valence-electron chi connectivity index (χ1n) is 4.28. The quantitative estimate of drug-likeness (QED) is 0.657. The van der Waals surface area contributed by atoms with Gasteiger partial charge in [-0.1, -0.05) is 13.8 Å². The van der Waals surface area contributed by atoms with Gasteiger partial charge in [0.05, 0.1) is 12.0 Å². The number of amides is 1. The zero-order valence-electron chi connectivity index (χ0n) is 8.33. The summed E-state index contributed by atoms with van der Waals surface area (Å²) in [6.07, 6.45) is 0. The van der Waals surface area contributed by atoms with Crippen LogP contribution in [-0.2, 0) is 4.79 Å². The van der Waals surface area contributed by atoms with Gasteiger partial charge in [0.2, 0.25) is 7.85 Å². The standard InChI is InChI=1S/C8H10BF2NO3/c1-7(2)4(5(13)14)12(6(9)15)3-8(7,10)11/h4H,3H2,1-2H3,(H,13,14)/t4-/m1/s1. The molecular formula is C8H10BF2NO3. The van der Waals surface area contributed by atoms with Gasteiger partial charge >= 0.3 is 5.97 Å². The highest BCUT2D eigenvalue weighted by molar-refractivity contribution is 6.57. The Morgan fingerprint density at radius 2 is 1.93 bits per heavy atom. The van der Waals surface area contributed by atoms with Crippen LogP contribution in [0.4, 0.5) is 13.6 Å². The molecule has 1 fully saturated rings. The van der Waals surface area contributed by atoms with Crippen molar-refractivity contribution in [3.05, 3.63) is 0 Å². The van der Waals surface area contributed by atoms with Gasteiger partial charge in [0.15, 0.2) is 5.81 Å². The molecule has 82 valence electrons. The molecule has 1 rings (SSSR count). The SMILES string of the molecule is [B]C(=O)N1CC(F)(F)C(C)(C)[C@H]1C(=O)O. The van der Waals surface area contributed by atoms with Crippen LogP contribution in [0.2, 0.25) is 0 Å². The molecule has 15 heavy (non-hydrogen) atoms. The lowest BCUT2D eigenvalue weighted by Crippen LogP contribution is -2.47. The number of hydrogen-bond acceptors (Lipinski definition) is 2. The molecule has 0 aromatic rings. The normalized spacial score (nSPS) is 27.7. The lowest BCUT2D eigenvalue weighted by Gasteiger charge is -2.30. The second-order valence-corrected chi connectivity index (χ2v) is 4.13. The van der Waals surface area contributed by atoms with Crippen LogP contribution in [0.3, 0.4) is 0 Å². The highest BCUT2D eigenvalue weighted by Crippen LogP contribution is 2.47. The summed E-state index contributed by atoms with van der Waals surface area (Å²) in [4.78, 5) is 22.2. The average Bonchev–Trinajstić information content (AvgIpc) is 2.18. The van der Waals surface area contributed by atoms with Crippen molar-refractivity contribution >= 4 is 19.6 Å². The van der Waals surface area contributed by atoms with Crippen LogP contribution in [0.25, 0.3) is 0 Å². The smallest absolute Gasteiger partial charge is 0.327 e. The highest BCUT2D eigenvalue weighted by atomic mass is 19.3. The van der Waals surface area contributed by atoms with Crippen molar-refractivity contribution in [1.29, 1.82) is 0 Å². The third-order valence-electron chi connectivity index (χ3n) is 2.82. The van der Waals surface area contributed by atoms with Crippen molar-refractivity contribution in [2.75, 3.05) is 6.54 Å². The Labute approximate surface area is 86.6 Å². The largest absolute Gasteiger partial charge is 0.480 e. The molecule has 1 saturated heterocycles. The van der Waals surface area contributed by atoms with Crippen molar-refractivity contribution in [2.24, 2.45) is 5.41 Å². The van der Waals surface area contributed by atoms with Gasteiger partial charge < -0.3 is 10.0 Å². The summed E-state index contributed by atoms with van der Waals surface area (Å²) in [7, 11) is 4.86. The maximum Gasteiger partial charge on any atom is 0.327 e. The van der Waals surface area contributed by atoms with Gasteiger partial charge in [0.1, 0.15) is 6.04 Å². The van der Waals surface area contributed by atoms with E-state index in [0.29, 0.717) is 4.90 Å². The number of carbonyl (C=O) groups excluding carboxylic acids is 1. The molecule has 1 heterocycles. The highest BCUT2D eigenvalue weighted by Gasteiger charge is 2.63. The van der Waals surface area contributed by atoms with Gasteiger partial charge in [-0.25, -0.2) is 13.6 Å². The molecule has 2 radical (unpaired) electrons. The molecule has 0 bridgehead atoms. The molecule has 0 unspecified atom stereocenters. The van der Waals surface area contributed by atoms with Crippen molar-refractivity contribution in [1.82, 2.24) is 4.90 Å². The minimum Gasteiger partial charge on any atom is -0.480 e. The Kier molecular flexibility index (Phi) is 2.53. The number of carbonyl (C=O) groups is 2. The predicted molar refractivity (Wildman–Crippen MR) is 48.0 cm³/mol. The van der Waals surface area contributed by atoms with Gasteiger partial charge in [-0.15, -0.1) is 0 Å². The van der Waals surface area contributed by atoms with Crippen LogP contribution in [0, 0.1) is 5.41 Å². The lowest BCUT2D eigenvalue weighted by atomic mass is 9.81. The van der Waals surface area contributed by atoms with E-state index < -0.39 is 35.7 Å². The van der Waals surface area contributed by atoms with E-state index in [2.05, 4.69) is 0 Å². The van der Waals surface area contributed by atoms with E-state index in [1.807, 2.05) is 0 Å². The third kappa shape index (κ3) is 1.59. The van der Waals surface area contributed by atoms with Gasteiger partial charge in [-0.05, 0) is 0 Å². The number of nitrogens with zero attached hydrogens (tertiary/aromatic N) is 1. The van der Waals surface area contributed by atoms with E-state index >= 15 is 0 Å². The van der Waals surface area contributed by atoms with E-state index in [-0.39, 0.29) is 0 Å². The fourth-order valence-corrected chi connectivity index (χ4v) is 1.75. The first-order valence-corrected chi connectivity index (χ1v) is 4.28. The number of carboxylic acids is 1. The molecule has 0 spiro atoms. The second-order valence-electron chi connectivity index (χ2n) is 4.13. The summed E-state index contributed by atoms with van der Waals surface area (Å²) < 4.78 is 26.9. The van der Waals surface area contributed by atoms with Crippen molar-refractivity contribution in [3.8, 4) is 0 Å². The zero-order chi connectivity index (χ0) is 12.0. The predicted octanol–water partition coefficient (Wildman–Crippen LogP) is 0.705. The lowest BCUT2D eigenvalue weighted by molar-refractivity contribution is -0.148. The van der Waals surface area contributed by atoms with Crippen molar-refractivity contribution < 1.29 is 23.5 Å². The van der Waals surface area contributed by atoms with Crippen LogP contribution in [-0.4, -0.2) is 48.1 Å². The Bertz CT molecular complexity index is 319. The zero-order valence-corrected chi connectivity index (χ0v) is 8.33. The number of hydrogen-bond donors (Lipinski definition) is 1. The molecule has 0 aromatic heterocycles. The monoisotopic (exact) mass is 217 g/mol. The summed E-state index contributed by atoms with van der Waals surface area (Å²) in [5.74, 6) is -5.88. The Balaban J connectivity index is 3.18. The molecule has 1 amide bonds. The van der Waals surface area contributed by atoms with E-state index in [1.54, 1.807) is 0 Å².